The summed E-state index contributed by atoms with van der Waals surface area (Å²) in [5, 5.41) is 2.85. The molecule has 0 spiro atoms. The lowest BCUT2D eigenvalue weighted by molar-refractivity contribution is -0.127. The number of amides is 1. The number of sulfonamides is 1. The largest absolute Gasteiger partial charge is 0.383 e. The van der Waals surface area contributed by atoms with E-state index in [1.807, 2.05) is 6.92 Å². The summed E-state index contributed by atoms with van der Waals surface area (Å²) in [6.07, 6.45) is 2.39. The van der Waals surface area contributed by atoms with Gasteiger partial charge in [-0.05, 0) is 31.9 Å². The topological polar surface area (TPSA) is 88.6 Å². The number of rotatable bonds is 6. The van der Waals surface area contributed by atoms with Gasteiger partial charge in [0.05, 0.1) is 6.61 Å². The number of aromatic nitrogens is 1. The third-order valence-corrected chi connectivity index (χ3v) is 6.32. The lowest BCUT2D eigenvalue weighted by atomic mass is 9.97. The van der Waals surface area contributed by atoms with Crippen molar-refractivity contribution >= 4 is 27.5 Å². The summed E-state index contributed by atoms with van der Waals surface area (Å²) in [6, 6.07) is 2.91. The minimum atomic E-state index is -3.69. The normalized spacial score (nSPS) is 18.3. The molecular formula is C15H22ClN3O4S. The fourth-order valence-electron chi connectivity index (χ4n) is 2.71. The number of ether oxygens (including phenoxy) is 1. The molecule has 1 amide bonds. The molecule has 7 nitrogen and oxygen atoms in total. The van der Waals surface area contributed by atoms with Gasteiger partial charge in [0.1, 0.15) is 10.0 Å². The maximum atomic E-state index is 12.6. The number of carbonyl (C=O) groups excluding carboxylic acids is 1. The zero-order chi connectivity index (χ0) is 17.7. The Hall–Kier alpha value is -1.22. The van der Waals surface area contributed by atoms with E-state index in [0.717, 1.165) is 0 Å². The highest BCUT2D eigenvalue weighted by Crippen LogP contribution is 2.27. The Labute approximate surface area is 147 Å². The summed E-state index contributed by atoms with van der Waals surface area (Å²) >= 11 is 5.90. The number of carbonyl (C=O) groups is 1. The minimum absolute atomic E-state index is 0.00304. The monoisotopic (exact) mass is 375 g/mol. The van der Waals surface area contributed by atoms with Crippen LogP contribution in [0.25, 0.3) is 0 Å². The smallest absolute Gasteiger partial charge is 0.246 e. The van der Waals surface area contributed by atoms with Gasteiger partial charge in [-0.15, -0.1) is 0 Å². The van der Waals surface area contributed by atoms with Crippen LogP contribution in [0.2, 0.25) is 5.15 Å². The zero-order valence-electron chi connectivity index (χ0n) is 13.7. The quantitative estimate of drug-likeness (QED) is 0.757. The molecule has 2 heterocycles. The van der Waals surface area contributed by atoms with Gasteiger partial charge < -0.3 is 10.1 Å². The standard InChI is InChI=1S/C15H22ClN3O4S/c1-11(10-23-2)18-15(20)12-5-8-19(9-6-12)24(21,22)13-4-3-7-17-14(13)16/h3-4,7,11-12H,5-6,8-10H2,1-2H3,(H,18,20). The number of hydrogen-bond donors (Lipinski definition) is 1. The maximum Gasteiger partial charge on any atom is 0.246 e. The molecule has 0 bridgehead atoms. The molecule has 24 heavy (non-hydrogen) atoms. The van der Waals surface area contributed by atoms with E-state index in [2.05, 4.69) is 10.3 Å². The third kappa shape index (κ3) is 4.44. The van der Waals surface area contributed by atoms with Crippen LogP contribution in [0.4, 0.5) is 0 Å². The third-order valence-electron chi connectivity index (χ3n) is 3.97. The van der Waals surface area contributed by atoms with Crippen molar-refractivity contribution in [1.82, 2.24) is 14.6 Å². The van der Waals surface area contributed by atoms with E-state index in [4.69, 9.17) is 16.3 Å². The molecule has 2 rings (SSSR count). The number of hydrogen-bond acceptors (Lipinski definition) is 5. The summed E-state index contributed by atoms with van der Waals surface area (Å²) in [5.74, 6) is -0.254. The lowest BCUT2D eigenvalue weighted by Crippen LogP contribution is -2.45. The Balaban J connectivity index is 1.97. The molecule has 0 aromatic carbocycles. The van der Waals surface area contributed by atoms with Crippen molar-refractivity contribution in [2.75, 3.05) is 26.8 Å². The fraction of sp³-hybridized carbons (Fsp3) is 0.600. The van der Waals surface area contributed by atoms with Gasteiger partial charge in [0.15, 0.2) is 0 Å². The summed E-state index contributed by atoms with van der Waals surface area (Å²) in [6.45, 7) is 2.87. The molecule has 1 saturated heterocycles. The van der Waals surface area contributed by atoms with E-state index in [1.165, 1.54) is 22.6 Å². The average Bonchev–Trinajstić information content (AvgIpc) is 2.55. The molecule has 134 valence electrons. The predicted molar refractivity (Wildman–Crippen MR) is 90.2 cm³/mol. The number of piperidine rings is 1. The highest BCUT2D eigenvalue weighted by Gasteiger charge is 2.33. The number of nitrogens with zero attached hydrogens (tertiary/aromatic N) is 2. The van der Waals surface area contributed by atoms with Gasteiger partial charge in [-0.25, -0.2) is 13.4 Å². The molecule has 1 aromatic rings. The summed E-state index contributed by atoms with van der Waals surface area (Å²) < 4.78 is 31.6. The van der Waals surface area contributed by atoms with Crippen LogP contribution in [0.1, 0.15) is 19.8 Å². The van der Waals surface area contributed by atoms with Crippen LogP contribution >= 0.6 is 11.6 Å². The molecule has 9 heteroatoms. The van der Waals surface area contributed by atoms with Gasteiger partial charge in [0.25, 0.3) is 0 Å². The van der Waals surface area contributed by atoms with Crippen molar-refractivity contribution in [2.24, 2.45) is 5.92 Å². The van der Waals surface area contributed by atoms with Gasteiger partial charge in [-0.3, -0.25) is 4.79 Å². The highest BCUT2D eigenvalue weighted by molar-refractivity contribution is 7.89. The number of pyridine rings is 1. The molecule has 0 radical (unpaired) electrons. The van der Waals surface area contributed by atoms with E-state index in [-0.39, 0.29) is 41.0 Å². The number of halogens is 1. The summed E-state index contributed by atoms with van der Waals surface area (Å²) in [4.78, 5) is 16.0. The second-order valence-corrected chi connectivity index (χ2v) is 8.10. The van der Waals surface area contributed by atoms with Gasteiger partial charge in [0.2, 0.25) is 15.9 Å². The van der Waals surface area contributed by atoms with E-state index in [9.17, 15) is 13.2 Å². The van der Waals surface area contributed by atoms with E-state index < -0.39 is 10.0 Å². The van der Waals surface area contributed by atoms with Crippen molar-refractivity contribution in [2.45, 2.75) is 30.7 Å². The number of nitrogens with one attached hydrogen (secondary N) is 1. The Kier molecular flexibility index (Phi) is 6.56. The second-order valence-electron chi connectivity index (χ2n) is 5.84. The van der Waals surface area contributed by atoms with Crippen LogP contribution in [0.3, 0.4) is 0 Å². The summed E-state index contributed by atoms with van der Waals surface area (Å²) in [7, 11) is -2.11. The molecular weight excluding hydrogens is 354 g/mol. The SMILES string of the molecule is COCC(C)NC(=O)C1CCN(S(=O)(=O)c2cccnc2Cl)CC1. The van der Waals surface area contributed by atoms with Crippen LogP contribution < -0.4 is 5.32 Å². The van der Waals surface area contributed by atoms with Crippen molar-refractivity contribution in [3.05, 3.63) is 23.5 Å². The maximum absolute atomic E-state index is 12.6. The molecule has 1 atom stereocenters. The molecule has 1 aliphatic rings. The lowest BCUT2D eigenvalue weighted by Gasteiger charge is -2.31. The van der Waals surface area contributed by atoms with Crippen molar-refractivity contribution in [1.29, 1.82) is 0 Å². The number of methoxy groups -OCH3 is 1. The second kappa shape index (κ2) is 8.24. The first-order chi connectivity index (χ1) is 11.4. The van der Waals surface area contributed by atoms with Crippen molar-refractivity contribution in [3.63, 3.8) is 0 Å². The average molecular weight is 376 g/mol. The van der Waals surface area contributed by atoms with Gasteiger partial charge in [0, 0.05) is 38.4 Å². The molecule has 0 saturated carbocycles. The van der Waals surface area contributed by atoms with Crippen LogP contribution in [0.15, 0.2) is 23.2 Å². The van der Waals surface area contributed by atoms with Crippen LogP contribution in [0.5, 0.6) is 0 Å². The van der Waals surface area contributed by atoms with Crippen LogP contribution in [-0.4, -0.2) is 56.5 Å². The molecule has 1 aromatic heterocycles. The van der Waals surface area contributed by atoms with Gasteiger partial charge in [-0.1, -0.05) is 11.6 Å². The first kappa shape index (κ1) is 19.1. The van der Waals surface area contributed by atoms with Crippen LogP contribution in [0, 0.1) is 5.92 Å². The van der Waals surface area contributed by atoms with Crippen LogP contribution in [-0.2, 0) is 19.6 Å². The van der Waals surface area contributed by atoms with Crippen molar-refractivity contribution in [3.8, 4) is 0 Å². The van der Waals surface area contributed by atoms with E-state index >= 15 is 0 Å². The Morgan fingerprint density at radius 2 is 2.17 bits per heavy atom. The first-order valence-electron chi connectivity index (χ1n) is 7.76. The van der Waals surface area contributed by atoms with Gasteiger partial charge in [-0.2, -0.15) is 4.31 Å². The summed E-state index contributed by atoms with van der Waals surface area (Å²) in [5.41, 5.74) is 0. The minimum Gasteiger partial charge on any atom is -0.383 e. The Morgan fingerprint density at radius 3 is 2.75 bits per heavy atom. The molecule has 1 N–H and O–H groups in total. The Morgan fingerprint density at radius 1 is 1.50 bits per heavy atom. The predicted octanol–water partition coefficient (Wildman–Crippen LogP) is 1.29. The van der Waals surface area contributed by atoms with E-state index in [1.54, 1.807) is 7.11 Å². The zero-order valence-corrected chi connectivity index (χ0v) is 15.3. The Bertz CT molecular complexity index is 675. The molecule has 1 fully saturated rings. The van der Waals surface area contributed by atoms with E-state index in [0.29, 0.717) is 19.4 Å². The van der Waals surface area contributed by atoms with Crippen molar-refractivity contribution < 1.29 is 17.9 Å². The first-order valence-corrected chi connectivity index (χ1v) is 9.58. The molecule has 1 unspecified atom stereocenters. The fourth-order valence-corrected chi connectivity index (χ4v) is 4.61. The van der Waals surface area contributed by atoms with Gasteiger partial charge >= 0.3 is 0 Å². The highest BCUT2D eigenvalue weighted by atomic mass is 35.5. The molecule has 0 aliphatic carbocycles. The molecule has 1 aliphatic heterocycles.